The number of nitrogens with one attached hydrogen (secondary N) is 1. The third-order valence-corrected chi connectivity index (χ3v) is 4.92. The molecule has 0 radical (unpaired) electrons. The van der Waals surface area contributed by atoms with Crippen molar-refractivity contribution in [3.05, 3.63) is 70.2 Å². The van der Waals surface area contributed by atoms with Crippen LogP contribution in [0, 0.1) is 11.6 Å². The molecule has 152 valence electrons. The average molecular weight is 428 g/mol. The summed E-state index contributed by atoms with van der Waals surface area (Å²) in [6, 6.07) is 8.61. The van der Waals surface area contributed by atoms with E-state index in [-0.39, 0.29) is 22.9 Å². The molecule has 1 N–H and O–H groups in total. The van der Waals surface area contributed by atoms with Crippen molar-refractivity contribution in [1.29, 1.82) is 0 Å². The summed E-state index contributed by atoms with van der Waals surface area (Å²) in [5, 5.41) is 2.10. The second kappa shape index (κ2) is 8.16. The number of rotatable bonds is 5. The van der Waals surface area contributed by atoms with Crippen LogP contribution in [-0.2, 0) is 12.7 Å². The summed E-state index contributed by atoms with van der Waals surface area (Å²) in [4.78, 5) is 15.2. The Bertz CT molecular complexity index is 1050. The molecule has 10 heteroatoms. The smallest absolute Gasteiger partial charge is 0.435 e. The van der Waals surface area contributed by atoms with E-state index in [2.05, 4.69) is 10.3 Å². The van der Waals surface area contributed by atoms with Crippen LogP contribution in [-0.4, -0.2) is 18.0 Å². The van der Waals surface area contributed by atoms with Crippen molar-refractivity contribution in [3.8, 4) is 16.3 Å². The summed E-state index contributed by atoms with van der Waals surface area (Å²) in [5.41, 5.74) is -1.02. The number of alkyl halides is 3. The molecule has 0 saturated carbocycles. The Kier molecular flexibility index (Phi) is 5.83. The van der Waals surface area contributed by atoms with E-state index < -0.39 is 34.3 Å². The van der Waals surface area contributed by atoms with Crippen LogP contribution in [0.1, 0.15) is 20.9 Å². The summed E-state index contributed by atoms with van der Waals surface area (Å²) in [6.07, 6.45) is -4.90. The topological polar surface area (TPSA) is 51.2 Å². The number of ether oxygens (including phenoxy) is 1. The summed E-state index contributed by atoms with van der Waals surface area (Å²) in [6.45, 7) is -0.176. The van der Waals surface area contributed by atoms with Crippen LogP contribution in [0.3, 0.4) is 0 Å². The fourth-order valence-corrected chi connectivity index (χ4v) is 3.56. The van der Waals surface area contributed by atoms with Gasteiger partial charge in [-0.1, -0.05) is 12.1 Å². The first-order chi connectivity index (χ1) is 13.7. The van der Waals surface area contributed by atoms with Gasteiger partial charge >= 0.3 is 6.18 Å². The molecule has 3 rings (SSSR count). The zero-order valence-corrected chi connectivity index (χ0v) is 15.6. The van der Waals surface area contributed by atoms with Crippen molar-refractivity contribution in [2.24, 2.45) is 0 Å². The maximum absolute atomic E-state index is 13.6. The van der Waals surface area contributed by atoms with E-state index >= 15 is 0 Å². The molecule has 0 bridgehead atoms. The molecular weight excluding hydrogens is 415 g/mol. The van der Waals surface area contributed by atoms with Gasteiger partial charge in [0, 0.05) is 6.54 Å². The summed E-state index contributed by atoms with van der Waals surface area (Å²) in [5.74, 6) is -2.14. The second-order valence-corrected chi connectivity index (χ2v) is 6.85. The van der Waals surface area contributed by atoms with E-state index in [1.807, 2.05) is 0 Å². The van der Waals surface area contributed by atoms with E-state index in [1.165, 1.54) is 31.4 Å². The maximum Gasteiger partial charge on any atom is 0.435 e. The van der Waals surface area contributed by atoms with Crippen LogP contribution in [0.2, 0.25) is 0 Å². The fraction of sp³-hybridized carbons (Fsp3) is 0.158. The van der Waals surface area contributed by atoms with E-state index in [0.717, 1.165) is 18.2 Å². The molecular formula is C19H13F5N2O2S. The van der Waals surface area contributed by atoms with Gasteiger partial charge in [-0.2, -0.15) is 13.2 Å². The average Bonchev–Trinajstić information content (AvgIpc) is 3.12. The molecule has 1 heterocycles. The van der Waals surface area contributed by atoms with E-state index in [9.17, 15) is 26.7 Å². The first kappa shape index (κ1) is 20.7. The Labute approximate surface area is 166 Å². The van der Waals surface area contributed by atoms with Gasteiger partial charge in [-0.15, -0.1) is 11.3 Å². The highest BCUT2D eigenvalue weighted by molar-refractivity contribution is 7.17. The largest absolute Gasteiger partial charge is 0.496 e. The molecule has 2 aromatic carbocycles. The minimum absolute atomic E-state index is 0.00724. The van der Waals surface area contributed by atoms with Crippen molar-refractivity contribution in [1.82, 2.24) is 10.3 Å². The minimum atomic E-state index is -4.90. The lowest BCUT2D eigenvalue weighted by Gasteiger charge is -2.07. The first-order valence-corrected chi connectivity index (χ1v) is 8.95. The van der Waals surface area contributed by atoms with E-state index in [1.54, 1.807) is 0 Å². The highest BCUT2D eigenvalue weighted by atomic mass is 32.1. The van der Waals surface area contributed by atoms with Gasteiger partial charge in [0.2, 0.25) is 0 Å². The number of carbonyl (C=O) groups excluding carboxylic acids is 1. The fourth-order valence-electron chi connectivity index (χ4n) is 2.54. The van der Waals surface area contributed by atoms with Crippen molar-refractivity contribution in [3.63, 3.8) is 0 Å². The van der Waals surface area contributed by atoms with Crippen LogP contribution >= 0.6 is 11.3 Å². The lowest BCUT2D eigenvalue weighted by molar-refractivity contribution is -0.141. The number of carbonyl (C=O) groups is 1. The second-order valence-electron chi connectivity index (χ2n) is 5.85. The van der Waals surface area contributed by atoms with Crippen molar-refractivity contribution in [2.45, 2.75) is 12.7 Å². The van der Waals surface area contributed by atoms with Crippen molar-refractivity contribution >= 4 is 17.2 Å². The highest BCUT2D eigenvalue weighted by Gasteiger charge is 2.40. The Morgan fingerprint density at radius 3 is 2.52 bits per heavy atom. The van der Waals surface area contributed by atoms with E-state index in [0.29, 0.717) is 16.9 Å². The zero-order valence-electron chi connectivity index (χ0n) is 14.8. The van der Waals surface area contributed by atoms with Crippen LogP contribution in [0.25, 0.3) is 10.6 Å². The number of halogens is 5. The van der Waals surface area contributed by atoms with Crippen LogP contribution in [0.15, 0.2) is 42.5 Å². The number of methoxy groups -OCH3 is 1. The number of thiazole rings is 1. The Balaban J connectivity index is 1.96. The molecule has 3 aromatic rings. The number of amides is 1. The predicted octanol–water partition coefficient (Wildman–Crippen LogP) is 5.05. The number of benzene rings is 2. The van der Waals surface area contributed by atoms with Gasteiger partial charge < -0.3 is 10.1 Å². The molecule has 0 spiro atoms. The lowest BCUT2D eigenvalue weighted by atomic mass is 10.2. The quantitative estimate of drug-likeness (QED) is 0.579. The number of aromatic nitrogens is 1. The molecule has 0 aliphatic carbocycles. The van der Waals surface area contributed by atoms with Crippen LogP contribution in [0.5, 0.6) is 5.75 Å². The standard InChI is InChI=1S/C19H13F5N2O2S/c1-28-14-6-5-12(21)8-13(14)18-26-16(19(22,23)24)15(29-18)17(27)25-9-10-3-2-4-11(20)7-10/h2-8H,9H2,1H3,(H,25,27). The summed E-state index contributed by atoms with van der Waals surface area (Å²) >= 11 is 0.460. The third kappa shape index (κ3) is 4.70. The summed E-state index contributed by atoms with van der Waals surface area (Å²) in [7, 11) is 1.28. The Morgan fingerprint density at radius 1 is 1.14 bits per heavy atom. The zero-order chi connectivity index (χ0) is 21.2. The first-order valence-electron chi connectivity index (χ1n) is 8.13. The molecule has 29 heavy (non-hydrogen) atoms. The molecule has 0 unspecified atom stereocenters. The predicted molar refractivity (Wildman–Crippen MR) is 96.6 cm³/mol. The third-order valence-electron chi connectivity index (χ3n) is 3.84. The lowest BCUT2D eigenvalue weighted by Crippen LogP contribution is -2.24. The van der Waals surface area contributed by atoms with Gasteiger partial charge in [0.05, 0.1) is 12.7 Å². The Morgan fingerprint density at radius 2 is 1.86 bits per heavy atom. The molecule has 0 aliphatic heterocycles. The normalized spacial score (nSPS) is 11.4. The molecule has 1 aromatic heterocycles. The van der Waals surface area contributed by atoms with Gasteiger partial charge in [0.1, 0.15) is 27.3 Å². The van der Waals surface area contributed by atoms with Crippen LogP contribution < -0.4 is 10.1 Å². The molecule has 1 amide bonds. The van der Waals surface area contributed by atoms with Gasteiger partial charge in [-0.25, -0.2) is 13.8 Å². The molecule has 0 atom stereocenters. The van der Waals surface area contributed by atoms with Gasteiger partial charge in [-0.3, -0.25) is 4.79 Å². The molecule has 0 fully saturated rings. The number of hydrogen-bond acceptors (Lipinski definition) is 4. The van der Waals surface area contributed by atoms with Gasteiger partial charge in [-0.05, 0) is 35.9 Å². The van der Waals surface area contributed by atoms with Crippen LogP contribution in [0.4, 0.5) is 22.0 Å². The SMILES string of the molecule is COc1ccc(F)cc1-c1nc(C(F)(F)F)c(C(=O)NCc2cccc(F)c2)s1. The van der Waals surface area contributed by atoms with Gasteiger partial charge in [0.15, 0.2) is 5.69 Å². The van der Waals surface area contributed by atoms with E-state index in [4.69, 9.17) is 4.74 Å². The molecule has 4 nitrogen and oxygen atoms in total. The van der Waals surface area contributed by atoms with Gasteiger partial charge in [0.25, 0.3) is 5.91 Å². The molecule has 0 aliphatic rings. The minimum Gasteiger partial charge on any atom is -0.496 e. The monoisotopic (exact) mass is 428 g/mol. The molecule has 0 saturated heterocycles. The number of hydrogen-bond donors (Lipinski definition) is 1. The number of nitrogens with zero attached hydrogens (tertiary/aromatic N) is 1. The van der Waals surface area contributed by atoms with Crippen molar-refractivity contribution < 1.29 is 31.5 Å². The highest BCUT2D eigenvalue weighted by Crippen LogP contribution is 2.40. The Hall–Kier alpha value is -3.01. The maximum atomic E-state index is 13.6. The van der Waals surface area contributed by atoms with Crippen molar-refractivity contribution in [2.75, 3.05) is 7.11 Å². The summed E-state index contributed by atoms with van der Waals surface area (Å²) < 4.78 is 72.1.